The van der Waals surface area contributed by atoms with E-state index in [0.717, 1.165) is 43.7 Å². The molecule has 0 N–H and O–H groups in total. The Morgan fingerprint density at radius 1 is 1.27 bits per heavy atom. The lowest BCUT2D eigenvalue weighted by Gasteiger charge is -2.41. The number of hydrogen-bond donors (Lipinski definition) is 0. The third kappa shape index (κ3) is 3.74. The summed E-state index contributed by atoms with van der Waals surface area (Å²) in [6, 6.07) is 8.46. The molecule has 26 heavy (non-hydrogen) atoms. The van der Waals surface area contributed by atoms with E-state index in [1.54, 1.807) is 0 Å². The summed E-state index contributed by atoms with van der Waals surface area (Å²) >= 11 is 0. The predicted octanol–water partition coefficient (Wildman–Crippen LogP) is 2.62. The zero-order chi connectivity index (χ0) is 18.0. The fourth-order valence-corrected chi connectivity index (χ4v) is 4.71. The number of amides is 1. The number of para-hydroxylation sites is 1. The summed E-state index contributed by atoms with van der Waals surface area (Å²) in [6.07, 6.45) is 5.80. The van der Waals surface area contributed by atoms with Crippen molar-refractivity contribution in [3.8, 4) is 5.75 Å². The molecular formula is C21H30N2O3. The SMILES string of the molecule is Cc1ccccc1OCC(=O)N1CC[C@@]2(C[C@@H](N3CCCC3)CCO2)C1. The maximum Gasteiger partial charge on any atom is 0.260 e. The van der Waals surface area contributed by atoms with Crippen molar-refractivity contribution in [3.63, 3.8) is 0 Å². The minimum absolute atomic E-state index is 0.0667. The average molecular weight is 358 g/mol. The summed E-state index contributed by atoms with van der Waals surface area (Å²) in [4.78, 5) is 17.2. The second-order valence-corrected chi connectivity index (χ2v) is 8.04. The monoisotopic (exact) mass is 358 g/mol. The normalized spacial score (nSPS) is 29.4. The largest absolute Gasteiger partial charge is 0.484 e. The van der Waals surface area contributed by atoms with Crippen LogP contribution in [-0.2, 0) is 9.53 Å². The minimum Gasteiger partial charge on any atom is -0.484 e. The molecule has 0 bridgehead atoms. The van der Waals surface area contributed by atoms with Crippen molar-refractivity contribution < 1.29 is 14.3 Å². The zero-order valence-corrected chi connectivity index (χ0v) is 15.8. The lowest BCUT2D eigenvalue weighted by molar-refractivity contribution is -0.136. The lowest BCUT2D eigenvalue weighted by atomic mass is 9.89. The number of hydrogen-bond acceptors (Lipinski definition) is 4. The van der Waals surface area contributed by atoms with E-state index in [1.165, 1.54) is 25.9 Å². The first-order chi connectivity index (χ1) is 12.7. The fraction of sp³-hybridized carbons (Fsp3) is 0.667. The van der Waals surface area contributed by atoms with Gasteiger partial charge in [-0.15, -0.1) is 0 Å². The van der Waals surface area contributed by atoms with E-state index in [9.17, 15) is 4.79 Å². The van der Waals surface area contributed by atoms with E-state index in [0.29, 0.717) is 12.6 Å². The van der Waals surface area contributed by atoms with Gasteiger partial charge in [-0.05, 0) is 63.7 Å². The second kappa shape index (κ2) is 7.57. The Labute approximate surface area is 156 Å². The van der Waals surface area contributed by atoms with Crippen molar-refractivity contribution in [2.24, 2.45) is 0 Å². The van der Waals surface area contributed by atoms with E-state index in [4.69, 9.17) is 9.47 Å². The van der Waals surface area contributed by atoms with Crippen LogP contribution in [0.3, 0.4) is 0 Å². The summed E-state index contributed by atoms with van der Waals surface area (Å²) < 4.78 is 12.0. The Bertz CT molecular complexity index is 644. The molecule has 142 valence electrons. The predicted molar refractivity (Wildman–Crippen MR) is 100 cm³/mol. The van der Waals surface area contributed by atoms with Crippen molar-refractivity contribution in [1.82, 2.24) is 9.80 Å². The van der Waals surface area contributed by atoms with Gasteiger partial charge in [0.15, 0.2) is 6.61 Å². The number of likely N-dealkylation sites (tertiary alicyclic amines) is 2. The van der Waals surface area contributed by atoms with Gasteiger partial charge in [0.05, 0.1) is 5.60 Å². The van der Waals surface area contributed by atoms with Crippen LogP contribution in [0.1, 0.15) is 37.7 Å². The molecule has 1 aromatic rings. The number of ether oxygens (including phenoxy) is 2. The van der Waals surface area contributed by atoms with E-state index >= 15 is 0 Å². The number of nitrogens with zero attached hydrogens (tertiary/aromatic N) is 2. The van der Waals surface area contributed by atoms with Crippen LogP contribution in [0.15, 0.2) is 24.3 Å². The van der Waals surface area contributed by atoms with Crippen LogP contribution in [0.4, 0.5) is 0 Å². The van der Waals surface area contributed by atoms with E-state index < -0.39 is 0 Å². The molecule has 0 unspecified atom stereocenters. The van der Waals surface area contributed by atoms with Gasteiger partial charge in [0, 0.05) is 25.7 Å². The van der Waals surface area contributed by atoms with Crippen molar-refractivity contribution in [3.05, 3.63) is 29.8 Å². The zero-order valence-electron chi connectivity index (χ0n) is 15.8. The van der Waals surface area contributed by atoms with Gasteiger partial charge in [-0.3, -0.25) is 4.79 Å². The molecule has 1 spiro atoms. The van der Waals surface area contributed by atoms with Gasteiger partial charge in [0.2, 0.25) is 0 Å². The third-order valence-electron chi connectivity index (χ3n) is 6.24. The minimum atomic E-state index is -0.135. The summed E-state index contributed by atoms with van der Waals surface area (Å²) in [5, 5.41) is 0. The molecule has 3 saturated heterocycles. The van der Waals surface area contributed by atoms with E-state index in [-0.39, 0.29) is 18.1 Å². The molecule has 0 saturated carbocycles. The molecule has 0 radical (unpaired) electrons. The average Bonchev–Trinajstić information content (AvgIpc) is 3.32. The van der Waals surface area contributed by atoms with Crippen molar-refractivity contribution in [1.29, 1.82) is 0 Å². The highest BCUT2D eigenvalue weighted by atomic mass is 16.5. The van der Waals surface area contributed by atoms with Crippen LogP contribution in [0.5, 0.6) is 5.75 Å². The van der Waals surface area contributed by atoms with Crippen LogP contribution in [0.2, 0.25) is 0 Å². The van der Waals surface area contributed by atoms with Gasteiger partial charge >= 0.3 is 0 Å². The van der Waals surface area contributed by atoms with Crippen LogP contribution >= 0.6 is 0 Å². The molecule has 3 aliphatic heterocycles. The van der Waals surface area contributed by atoms with Gasteiger partial charge in [0.25, 0.3) is 5.91 Å². The molecule has 1 amide bonds. The molecular weight excluding hydrogens is 328 g/mol. The van der Waals surface area contributed by atoms with Gasteiger partial charge in [-0.1, -0.05) is 18.2 Å². The number of benzene rings is 1. The molecule has 3 heterocycles. The van der Waals surface area contributed by atoms with Crippen molar-refractivity contribution >= 4 is 5.91 Å². The molecule has 1 aromatic carbocycles. The van der Waals surface area contributed by atoms with Crippen LogP contribution in [0.25, 0.3) is 0 Å². The third-order valence-corrected chi connectivity index (χ3v) is 6.24. The molecule has 0 aliphatic carbocycles. The standard InChI is InChI=1S/C21H30N2O3/c1-17-6-2-3-7-19(17)25-15-20(24)23-12-9-21(16-23)14-18(8-13-26-21)22-10-4-5-11-22/h2-3,6-7,18H,4-5,8-16H2,1H3/t18-,21+/m0/s1. The van der Waals surface area contributed by atoms with Gasteiger partial charge in [-0.2, -0.15) is 0 Å². The molecule has 3 fully saturated rings. The van der Waals surface area contributed by atoms with E-state index in [1.807, 2.05) is 36.1 Å². The second-order valence-electron chi connectivity index (χ2n) is 8.04. The maximum absolute atomic E-state index is 12.6. The molecule has 3 aliphatic rings. The van der Waals surface area contributed by atoms with Gasteiger partial charge in [0.1, 0.15) is 5.75 Å². The summed E-state index contributed by atoms with van der Waals surface area (Å²) in [5.41, 5.74) is 0.923. The first-order valence-corrected chi connectivity index (χ1v) is 9.99. The Morgan fingerprint density at radius 2 is 2.08 bits per heavy atom. The summed E-state index contributed by atoms with van der Waals surface area (Å²) in [5.74, 6) is 0.856. The molecule has 5 heteroatoms. The lowest BCUT2D eigenvalue weighted by Crippen LogP contribution is -2.50. The smallest absolute Gasteiger partial charge is 0.260 e. The number of rotatable bonds is 4. The van der Waals surface area contributed by atoms with E-state index in [2.05, 4.69) is 4.90 Å². The van der Waals surface area contributed by atoms with Gasteiger partial charge < -0.3 is 19.3 Å². The number of carbonyl (C=O) groups excluding carboxylic acids is 1. The Hall–Kier alpha value is -1.59. The fourth-order valence-electron chi connectivity index (χ4n) is 4.71. The van der Waals surface area contributed by atoms with Crippen molar-refractivity contribution in [2.45, 2.75) is 50.7 Å². The molecule has 0 aromatic heterocycles. The highest BCUT2D eigenvalue weighted by Gasteiger charge is 2.45. The number of carbonyl (C=O) groups is 1. The first kappa shape index (κ1) is 17.8. The highest BCUT2D eigenvalue weighted by molar-refractivity contribution is 5.78. The summed E-state index contributed by atoms with van der Waals surface area (Å²) in [6.45, 7) is 6.88. The van der Waals surface area contributed by atoms with Crippen LogP contribution in [0, 0.1) is 6.92 Å². The first-order valence-electron chi connectivity index (χ1n) is 9.99. The quantitative estimate of drug-likeness (QED) is 0.830. The number of aryl methyl sites for hydroxylation is 1. The Balaban J connectivity index is 1.32. The van der Waals surface area contributed by atoms with Crippen LogP contribution < -0.4 is 4.74 Å². The summed E-state index contributed by atoms with van der Waals surface area (Å²) in [7, 11) is 0. The maximum atomic E-state index is 12.6. The molecule has 5 nitrogen and oxygen atoms in total. The Morgan fingerprint density at radius 3 is 2.88 bits per heavy atom. The topological polar surface area (TPSA) is 42.0 Å². The molecule has 4 rings (SSSR count). The molecule has 2 atom stereocenters. The Kier molecular flexibility index (Phi) is 5.18. The highest BCUT2D eigenvalue weighted by Crippen LogP contribution is 2.37. The van der Waals surface area contributed by atoms with Crippen molar-refractivity contribution in [2.75, 3.05) is 39.4 Å². The van der Waals surface area contributed by atoms with Gasteiger partial charge in [-0.25, -0.2) is 0 Å². The van der Waals surface area contributed by atoms with Crippen LogP contribution in [-0.4, -0.2) is 66.7 Å².